The number of hydrogen-bond acceptors (Lipinski definition) is 1. The van der Waals surface area contributed by atoms with Crippen LogP contribution in [-0.2, 0) is 25.5 Å². The summed E-state index contributed by atoms with van der Waals surface area (Å²) >= 11 is 0. The molecule has 3 aliphatic rings. The van der Waals surface area contributed by atoms with Crippen molar-refractivity contribution < 1.29 is 24.5 Å². The van der Waals surface area contributed by atoms with E-state index >= 15 is 0 Å². The number of allylic oxidation sites excluding steroid dienone is 5. The molecule has 0 saturated carbocycles. The number of halogens is 1. The molecule has 0 aromatic heterocycles. The molecule has 0 spiro atoms. The molecule has 0 N–H and O–H groups in total. The van der Waals surface area contributed by atoms with Gasteiger partial charge in [0.1, 0.15) is 0 Å². The Labute approximate surface area is 144 Å². The van der Waals surface area contributed by atoms with Gasteiger partial charge in [-0.3, -0.25) is 0 Å². The van der Waals surface area contributed by atoms with Crippen LogP contribution in [0.2, 0.25) is 0 Å². The molecule has 2 unspecified atom stereocenters. The zero-order valence-electron chi connectivity index (χ0n) is 12.8. The molecule has 4 rings (SSSR count). The van der Waals surface area contributed by atoms with Crippen molar-refractivity contribution in [2.75, 3.05) is 0 Å². The zero-order chi connectivity index (χ0) is 14.8. The Hall–Kier alpha value is -1.31. The SMILES string of the molecule is Cc1c[c-]c2c(c1F)C(C)(C)C1C=CC=C3C=CN=C2C31.[Ir]. The van der Waals surface area contributed by atoms with E-state index in [0.717, 1.165) is 16.8 Å². The summed E-state index contributed by atoms with van der Waals surface area (Å²) in [4.78, 5) is 4.58. The summed E-state index contributed by atoms with van der Waals surface area (Å²) in [5.41, 5.74) is 4.24. The van der Waals surface area contributed by atoms with E-state index in [1.54, 1.807) is 13.0 Å². The average Bonchev–Trinajstić information content (AvgIpc) is 2.47. The standard InChI is InChI=1S/C19H17FN.Ir/c1-11-7-8-13-16(17(11)20)19(2,3)14-6-4-5-12-9-10-21-18(13)15(12)14;/h4-7,9-10,14-15H,1-3H3;/q-1;. The minimum absolute atomic E-state index is 0. The molecule has 0 bridgehead atoms. The number of rotatable bonds is 0. The first-order valence-electron chi connectivity index (χ1n) is 7.36. The van der Waals surface area contributed by atoms with E-state index in [1.807, 2.05) is 6.20 Å². The van der Waals surface area contributed by atoms with Gasteiger partial charge >= 0.3 is 0 Å². The van der Waals surface area contributed by atoms with Crippen LogP contribution >= 0.6 is 0 Å². The predicted octanol–water partition coefficient (Wildman–Crippen LogP) is 4.27. The van der Waals surface area contributed by atoms with Crippen LogP contribution in [0.5, 0.6) is 0 Å². The summed E-state index contributed by atoms with van der Waals surface area (Å²) < 4.78 is 14.8. The van der Waals surface area contributed by atoms with Crippen molar-refractivity contribution in [1.29, 1.82) is 0 Å². The van der Waals surface area contributed by atoms with Gasteiger partial charge in [-0.25, -0.2) is 4.39 Å². The van der Waals surface area contributed by atoms with Gasteiger partial charge in [0.25, 0.3) is 0 Å². The molecule has 1 aliphatic heterocycles. The van der Waals surface area contributed by atoms with Crippen LogP contribution in [0.1, 0.15) is 30.5 Å². The monoisotopic (exact) mass is 471 g/mol. The third-order valence-corrected chi connectivity index (χ3v) is 5.08. The minimum Gasteiger partial charge on any atom is -0.308 e. The third-order valence-electron chi connectivity index (χ3n) is 5.08. The normalized spacial score (nSPS) is 26.4. The van der Waals surface area contributed by atoms with Crippen LogP contribution in [-0.4, -0.2) is 5.71 Å². The summed E-state index contributed by atoms with van der Waals surface area (Å²) in [5, 5.41) is 0. The van der Waals surface area contributed by atoms with Gasteiger partial charge < -0.3 is 4.99 Å². The molecule has 115 valence electrons. The Morgan fingerprint density at radius 3 is 2.86 bits per heavy atom. The number of aryl methyl sites for hydroxylation is 1. The predicted molar refractivity (Wildman–Crippen MR) is 82.9 cm³/mol. The van der Waals surface area contributed by atoms with Gasteiger partial charge in [0.2, 0.25) is 0 Å². The van der Waals surface area contributed by atoms with Gasteiger partial charge in [0.05, 0.1) is 0 Å². The molecule has 1 radical (unpaired) electrons. The van der Waals surface area contributed by atoms with Crippen molar-refractivity contribution in [3.63, 3.8) is 0 Å². The Morgan fingerprint density at radius 2 is 2.09 bits per heavy atom. The summed E-state index contributed by atoms with van der Waals surface area (Å²) in [6.45, 7) is 6.07. The van der Waals surface area contributed by atoms with Gasteiger partial charge in [0.15, 0.2) is 0 Å². The smallest absolute Gasteiger partial charge is 0.0485 e. The molecule has 3 heteroatoms. The van der Waals surface area contributed by atoms with Gasteiger partial charge in [-0.2, -0.15) is 0 Å². The molecular weight excluding hydrogens is 453 g/mol. The van der Waals surface area contributed by atoms with Crippen molar-refractivity contribution >= 4 is 5.71 Å². The van der Waals surface area contributed by atoms with E-state index in [2.05, 4.69) is 49.2 Å². The summed E-state index contributed by atoms with van der Waals surface area (Å²) in [6, 6.07) is 5.03. The fourth-order valence-electron chi connectivity index (χ4n) is 3.95. The van der Waals surface area contributed by atoms with Gasteiger partial charge in [-0.15, -0.1) is 17.7 Å². The Bertz CT molecular complexity index is 768. The maximum atomic E-state index is 14.8. The second kappa shape index (κ2) is 5.11. The van der Waals surface area contributed by atoms with E-state index in [-0.39, 0.29) is 43.2 Å². The number of hydrogen-bond donors (Lipinski definition) is 0. The van der Waals surface area contributed by atoms with Crippen molar-refractivity contribution in [2.24, 2.45) is 16.8 Å². The van der Waals surface area contributed by atoms with E-state index in [9.17, 15) is 4.39 Å². The molecule has 1 aromatic rings. The van der Waals surface area contributed by atoms with Crippen LogP contribution in [0.25, 0.3) is 0 Å². The second-order valence-electron chi connectivity index (χ2n) is 6.64. The van der Waals surface area contributed by atoms with Crippen molar-refractivity contribution in [2.45, 2.75) is 26.2 Å². The second-order valence-corrected chi connectivity index (χ2v) is 6.64. The van der Waals surface area contributed by atoms with Crippen molar-refractivity contribution in [3.8, 4) is 0 Å². The minimum atomic E-state index is -0.271. The largest absolute Gasteiger partial charge is 0.308 e. The van der Waals surface area contributed by atoms with E-state index in [0.29, 0.717) is 5.56 Å². The molecule has 1 heterocycles. The van der Waals surface area contributed by atoms with E-state index in [1.165, 1.54) is 5.57 Å². The molecule has 1 aromatic carbocycles. The molecule has 0 fully saturated rings. The molecule has 0 amide bonds. The summed E-state index contributed by atoms with van der Waals surface area (Å²) in [6.07, 6.45) is 10.3. The number of aliphatic imine (C=N–C) groups is 1. The first kappa shape index (κ1) is 15.6. The van der Waals surface area contributed by atoms with Gasteiger partial charge in [-0.1, -0.05) is 50.1 Å². The Morgan fingerprint density at radius 1 is 1.32 bits per heavy atom. The quantitative estimate of drug-likeness (QED) is 0.503. The molecule has 0 saturated heterocycles. The number of benzene rings is 1. The molecule has 2 atom stereocenters. The fourth-order valence-corrected chi connectivity index (χ4v) is 3.95. The molecule has 2 aliphatic carbocycles. The third kappa shape index (κ3) is 1.89. The van der Waals surface area contributed by atoms with Gasteiger partial charge in [0, 0.05) is 32.1 Å². The first-order valence-corrected chi connectivity index (χ1v) is 7.36. The summed E-state index contributed by atoms with van der Waals surface area (Å²) in [7, 11) is 0. The maximum absolute atomic E-state index is 14.8. The van der Waals surface area contributed by atoms with E-state index < -0.39 is 0 Å². The van der Waals surface area contributed by atoms with Crippen LogP contribution in [0, 0.1) is 30.6 Å². The van der Waals surface area contributed by atoms with Crippen molar-refractivity contribution in [1.82, 2.24) is 0 Å². The van der Waals surface area contributed by atoms with E-state index in [4.69, 9.17) is 0 Å². The average molecular weight is 471 g/mol. The topological polar surface area (TPSA) is 12.4 Å². The Balaban J connectivity index is 0.00000144. The maximum Gasteiger partial charge on any atom is 0.0485 e. The fraction of sp³-hybridized carbons (Fsp3) is 0.316. The molecule has 22 heavy (non-hydrogen) atoms. The van der Waals surface area contributed by atoms with Gasteiger partial charge in [-0.05, 0) is 34.6 Å². The zero-order valence-corrected chi connectivity index (χ0v) is 15.2. The van der Waals surface area contributed by atoms with Crippen molar-refractivity contribution in [3.05, 3.63) is 70.7 Å². The van der Waals surface area contributed by atoms with Crippen LogP contribution in [0.4, 0.5) is 4.39 Å². The summed E-state index contributed by atoms with van der Waals surface area (Å²) in [5.74, 6) is 0.355. The van der Waals surface area contributed by atoms with Crippen LogP contribution < -0.4 is 0 Å². The molecule has 1 nitrogen and oxygen atoms in total. The number of fused-ring (bicyclic) bond motifs is 2. The Kier molecular flexibility index (Phi) is 3.62. The van der Waals surface area contributed by atoms with Crippen LogP contribution in [0.15, 0.2) is 47.1 Å². The molecular formula is C19H17FIrN-. The van der Waals surface area contributed by atoms with Crippen LogP contribution in [0.3, 0.4) is 0 Å². The first-order chi connectivity index (χ1) is 10.0. The number of nitrogens with zero attached hydrogens (tertiary/aromatic N) is 1.